The number of ether oxygens (including phenoxy) is 1. The van der Waals surface area contributed by atoms with E-state index in [0.29, 0.717) is 6.61 Å². The van der Waals surface area contributed by atoms with Crippen LogP contribution in [0, 0.1) is 6.92 Å². The van der Waals surface area contributed by atoms with Gasteiger partial charge in [0.2, 0.25) is 0 Å². The van der Waals surface area contributed by atoms with E-state index in [1.165, 1.54) is 0 Å². The van der Waals surface area contributed by atoms with Crippen molar-refractivity contribution in [2.45, 2.75) is 19.4 Å². The van der Waals surface area contributed by atoms with Gasteiger partial charge in [0.1, 0.15) is 12.4 Å². The van der Waals surface area contributed by atoms with Crippen LogP contribution in [0.15, 0.2) is 48.5 Å². The highest BCUT2D eigenvalue weighted by Crippen LogP contribution is 2.19. The number of nitrogens with one attached hydrogen (secondary N) is 1. The van der Waals surface area contributed by atoms with Crippen LogP contribution < -0.4 is 16.0 Å². The number of nitrogens with two attached hydrogens (primary N) is 1. The molecule has 0 aromatic heterocycles. The molecule has 1 atom stereocenters. The predicted molar refractivity (Wildman–Crippen MR) is 82.9 cm³/mol. The van der Waals surface area contributed by atoms with Gasteiger partial charge in [-0.1, -0.05) is 41.9 Å². The molecule has 0 fully saturated rings. The summed E-state index contributed by atoms with van der Waals surface area (Å²) in [6.07, 6.45) is 0.725. The van der Waals surface area contributed by atoms with Crippen LogP contribution in [-0.4, -0.2) is 12.6 Å². The van der Waals surface area contributed by atoms with Crippen molar-refractivity contribution in [3.63, 3.8) is 0 Å². The molecule has 2 rings (SSSR count). The van der Waals surface area contributed by atoms with E-state index in [-0.39, 0.29) is 6.04 Å². The number of hydrogen-bond acceptors (Lipinski definition) is 3. The molecule has 0 heterocycles. The van der Waals surface area contributed by atoms with Crippen molar-refractivity contribution in [2.75, 3.05) is 6.61 Å². The van der Waals surface area contributed by atoms with Gasteiger partial charge in [-0.3, -0.25) is 11.3 Å². The highest BCUT2D eigenvalue weighted by Gasteiger charge is 2.11. The molecular weight excluding hydrogens is 272 g/mol. The largest absolute Gasteiger partial charge is 0.492 e. The van der Waals surface area contributed by atoms with Crippen LogP contribution in [-0.2, 0) is 6.42 Å². The van der Waals surface area contributed by atoms with Crippen LogP contribution in [0.3, 0.4) is 0 Å². The summed E-state index contributed by atoms with van der Waals surface area (Å²) in [4.78, 5) is 0. The lowest BCUT2D eigenvalue weighted by Crippen LogP contribution is -2.41. The molecule has 0 aliphatic rings. The van der Waals surface area contributed by atoms with Gasteiger partial charge in [0.05, 0.1) is 6.04 Å². The van der Waals surface area contributed by atoms with Crippen LogP contribution in [0.2, 0.25) is 5.02 Å². The maximum absolute atomic E-state index is 6.24. The molecule has 3 nitrogen and oxygen atoms in total. The van der Waals surface area contributed by atoms with Crippen LogP contribution in [0.5, 0.6) is 5.75 Å². The minimum Gasteiger partial charge on any atom is -0.492 e. The number of benzene rings is 2. The Balaban J connectivity index is 1.95. The molecule has 0 spiro atoms. The molecule has 0 bridgehead atoms. The van der Waals surface area contributed by atoms with E-state index in [1.807, 2.05) is 55.5 Å². The first-order valence-corrected chi connectivity index (χ1v) is 6.96. The Hall–Kier alpha value is -1.55. The first-order chi connectivity index (χ1) is 9.69. The van der Waals surface area contributed by atoms with E-state index < -0.39 is 0 Å². The Morgan fingerprint density at radius 3 is 2.60 bits per heavy atom. The summed E-state index contributed by atoms with van der Waals surface area (Å²) in [7, 11) is 0. The van der Waals surface area contributed by atoms with E-state index in [1.54, 1.807) is 0 Å². The SMILES string of the molecule is Cc1ccc(CC(COc2ccccc2)NN)c(Cl)c1. The second-order valence-electron chi connectivity index (χ2n) is 4.79. The van der Waals surface area contributed by atoms with Gasteiger partial charge in [-0.2, -0.15) is 0 Å². The quantitative estimate of drug-likeness (QED) is 0.635. The number of para-hydroxylation sites is 1. The topological polar surface area (TPSA) is 47.3 Å². The summed E-state index contributed by atoms with van der Waals surface area (Å²) in [6.45, 7) is 2.51. The number of hydrogen-bond donors (Lipinski definition) is 2. The molecule has 1 unspecified atom stereocenters. The summed E-state index contributed by atoms with van der Waals surface area (Å²) in [5.74, 6) is 6.43. The molecular formula is C16H19ClN2O. The minimum absolute atomic E-state index is 0.00964. The van der Waals surface area contributed by atoms with Crippen molar-refractivity contribution < 1.29 is 4.74 Å². The summed E-state index contributed by atoms with van der Waals surface area (Å²) in [5, 5.41) is 0.768. The molecule has 0 saturated carbocycles. The van der Waals surface area contributed by atoms with Crippen molar-refractivity contribution in [1.29, 1.82) is 0 Å². The Kier molecular flexibility index (Phi) is 5.41. The third-order valence-corrected chi connectivity index (χ3v) is 3.46. The zero-order valence-electron chi connectivity index (χ0n) is 11.5. The van der Waals surface area contributed by atoms with Crippen molar-refractivity contribution in [1.82, 2.24) is 5.43 Å². The average Bonchev–Trinajstić information content (AvgIpc) is 2.46. The molecule has 0 aliphatic heterocycles. The van der Waals surface area contributed by atoms with Crippen molar-refractivity contribution in [3.8, 4) is 5.75 Å². The highest BCUT2D eigenvalue weighted by molar-refractivity contribution is 6.31. The van der Waals surface area contributed by atoms with Crippen molar-refractivity contribution in [3.05, 3.63) is 64.7 Å². The van der Waals surface area contributed by atoms with Gasteiger partial charge < -0.3 is 4.74 Å². The first-order valence-electron chi connectivity index (χ1n) is 6.58. The van der Waals surface area contributed by atoms with E-state index in [9.17, 15) is 0 Å². The van der Waals surface area contributed by atoms with Crippen LogP contribution >= 0.6 is 11.6 Å². The molecule has 20 heavy (non-hydrogen) atoms. The Labute approximate surface area is 124 Å². The standard InChI is InChI=1S/C16H19ClN2O/c1-12-7-8-13(16(17)9-12)10-14(19-18)11-20-15-5-3-2-4-6-15/h2-9,14,19H,10-11,18H2,1H3. The zero-order valence-corrected chi connectivity index (χ0v) is 12.2. The van der Waals surface area contributed by atoms with E-state index in [2.05, 4.69) is 5.43 Å². The fraction of sp³-hybridized carbons (Fsp3) is 0.250. The van der Waals surface area contributed by atoms with Gasteiger partial charge in [-0.05, 0) is 42.7 Å². The molecule has 106 valence electrons. The molecule has 2 aromatic carbocycles. The van der Waals surface area contributed by atoms with Gasteiger partial charge in [0.15, 0.2) is 0 Å². The molecule has 0 amide bonds. The lowest BCUT2D eigenvalue weighted by atomic mass is 10.1. The van der Waals surface area contributed by atoms with Crippen LogP contribution in [0.25, 0.3) is 0 Å². The summed E-state index contributed by atoms with van der Waals surface area (Å²) in [6, 6.07) is 15.7. The monoisotopic (exact) mass is 290 g/mol. The van der Waals surface area contributed by atoms with E-state index in [0.717, 1.165) is 28.3 Å². The Morgan fingerprint density at radius 1 is 1.20 bits per heavy atom. The summed E-state index contributed by atoms with van der Waals surface area (Å²) < 4.78 is 5.71. The Bertz CT molecular complexity index is 545. The van der Waals surface area contributed by atoms with Crippen molar-refractivity contribution >= 4 is 11.6 Å². The highest BCUT2D eigenvalue weighted by atomic mass is 35.5. The smallest absolute Gasteiger partial charge is 0.119 e. The molecule has 4 heteroatoms. The van der Waals surface area contributed by atoms with Crippen molar-refractivity contribution in [2.24, 2.45) is 5.84 Å². The number of halogens is 1. The fourth-order valence-electron chi connectivity index (χ4n) is 1.96. The van der Waals surface area contributed by atoms with Gasteiger partial charge in [-0.25, -0.2) is 0 Å². The van der Waals surface area contributed by atoms with E-state index >= 15 is 0 Å². The maximum Gasteiger partial charge on any atom is 0.119 e. The molecule has 3 N–H and O–H groups in total. The average molecular weight is 291 g/mol. The molecule has 0 saturated heterocycles. The Morgan fingerprint density at radius 2 is 1.95 bits per heavy atom. The minimum atomic E-state index is 0.00964. The normalized spacial score (nSPS) is 12.2. The number of rotatable bonds is 6. The summed E-state index contributed by atoms with van der Waals surface area (Å²) in [5.41, 5.74) is 5.00. The van der Waals surface area contributed by atoms with Gasteiger partial charge in [-0.15, -0.1) is 0 Å². The lowest BCUT2D eigenvalue weighted by molar-refractivity contribution is 0.264. The van der Waals surface area contributed by atoms with Crippen LogP contribution in [0.1, 0.15) is 11.1 Å². The van der Waals surface area contributed by atoms with Gasteiger partial charge >= 0.3 is 0 Å². The second kappa shape index (κ2) is 7.29. The van der Waals surface area contributed by atoms with Crippen LogP contribution in [0.4, 0.5) is 0 Å². The fourth-order valence-corrected chi connectivity index (χ4v) is 2.28. The molecule has 0 aliphatic carbocycles. The summed E-state index contributed by atoms with van der Waals surface area (Å²) >= 11 is 6.24. The lowest BCUT2D eigenvalue weighted by Gasteiger charge is -2.17. The second-order valence-corrected chi connectivity index (χ2v) is 5.19. The van der Waals surface area contributed by atoms with Gasteiger partial charge in [0.25, 0.3) is 0 Å². The zero-order chi connectivity index (χ0) is 14.4. The third-order valence-electron chi connectivity index (χ3n) is 3.10. The number of hydrazine groups is 1. The maximum atomic E-state index is 6.24. The number of aryl methyl sites for hydroxylation is 1. The molecule has 2 aromatic rings. The first kappa shape index (κ1) is 14.9. The third kappa shape index (κ3) is 4.23. The van der Waals surface area contributed by atoms with Gasteiger partial charge in [0, 0.05) is 5.02 Å². The molecule has 0 radical (unpaired) electrons. The van der Waals surface area contributed by atoms with E-state index in [4.69, 9.17) is 22.2 Å². The predicted octanol–water partition coefficient (Wildman–Crippen LogP) is 3.10.